The van der Waals surface area contributed by atoms with Gasteiger partial charge in [-0.2, -0.15) is 12.6 Å². The summed E-state index contributed by atoms with van der Waals surface area (Å²) in [4.78, 5) is 11.6. The number of thiol groups is 1. The molecule has 0 saturated carbocycles. The maximum absolute atomic E-state index is 11.6. The summed E-state index contributed by atoms with van der Waals surface area (Å²) in [6.07, 6.45) is 0. The van der Waals surface area contributed by atoms with Crippen molar-refractivity contribution in [2.24, 2.45) is 11.7 Å². The minimum absolute atomic E-state index is 0.379. The Bertz CT molecular complexity index is 399. The summed E-state index contributed by atoms with van der Waals surface area (Å²) in [6.45, 7) is 0. The Morgan fingerprint density at radius 1 is 1.50 bits per heavy atom. The predicted molar refractivity (Wildman–Crippen MR) is 68.2 cm³/mol. The molecule has 7 heteroatoms. The van der Waals surface area contributed by atoms with Crippen molar-refractivity contribution in [3.63, 3.8) is 0 Å². The number of carbonyl (C=O) groups excluding carboxylic acids is 1. The lowest BCUT2D eigenvalue weighted by molar-refractivity contribution is 0.216. The van der Waals surface area contributed by atoms with E-state index in [2.05, 4.69) is 12.6 Å². The van der Waals surface area contributed by atoms with Gasteiger partial charge in [0.05, 0.1) is 5.69 Å². The molecule has 16 heavy (non-hydrogen) atoms. The minimum atomic E-state index is -0.537. The van der Waals surface area contributed by atoms with E-state index in [9.17, 15) is 4.79 Å². The molecule has 0 heterocycles. The largest absolute Gasteiger partial charge is 0.352 e. The van der Waals surface area contributed by atoms with Crippen LogP contribution in [0.2, 0.25) is 5.02 Å². The van der Waals surface area contributed by atoms with Crippen molar-refractivity contribution in [1.29, 1.82) is 0 Å². The predicted octanol–water partition coefficient (Wildman–Crippen LogP) is 1.38. The number of nitrogens with zero attached hydrogens (tertiary/aromatic N) is 2. The standard InChI is InChI=1S/C9H13ClN4OS/c1-13(11)9(15)14(12)8-4-2-3-7(10)6(8)5-16/h2-4,16H,5,11-12H2,1H3. The fraction of sp³-hybridized carbons (Fsp3) is 0.222. The zero-order valence-corrected chi connectivity index (χ0v) is 10.4. The van der Waals surface area contributed by atoms with Crippen molar-refractivity contribution in [2.75, 3.05) is 12.1 Å². The van der Waals surface area contributed by atoms with Crippen molar-refractivity contribution in [2.45, 2.75) is 5.75 Å². The Kier molecular flexibility index (Phi) is 4.43. The Balaban J connectivity index is 3.13. The lowest BCUT2D eigenvalue weighted by Crippen LogP contribution is -2.48. The van der Waals surface area contributed by atoms with E-state index in [1.165, 1.54) is 7.05 Å². The third kappa shape index (κ3) is 2.59. The van der Waals surface area contributed by atoms with Crippen LogP contribution < -0.4 is 16.7 Å². The molecule has 88 valence electrons. The fourth-order valence-corrected chi connectivity index (χ4v) is 1.86. The first kappa shape index (κ1) is 13.1. The summed E-state index contributed by atoms with van der Waals surface area (Å²) in [6, 6.07) is 4.55. The molecule has 2 amide bonds. The van der Waals surface area contributed by atoms with Crippen molar-refractivity contribution in [1.82, 2.24) is 5.01 Å². The van der Waals surface area contributed by atoms with Crippen LogP contribution in [0.5, 0.6) is 0 Å². The first-order valence-corrected chi connectivity index (χ1v) is 5.45. The molecular weight excluding hydrogens is 248 g/mol. The molecule has 0 fully saturated rings. The summed E-state index contributed by atoms with van der Waals surface area (Å²) in [5.41, 5.74) is 1.18. The first-order chi connectivity index (χ1) is 7.49. The third-order valence-corrected chi connectivity index (χ3v) is 2.69. The van der Waals surface area contributed by atoms with Crippen LogP contribution in [0, 0.1) is 0 Å². The molecule has 0 aliphatic carbocycles. The third-order valence-electron chi connectivity index (χ3n) is 2.02. The Labute approximate surface area is 104 Å². The van der Waals surface area contributed by atoms with Gasteiger partial charge in [-0.3, -0.25) is 5.01 Å². The number of hydrogen-bond acceptors (Lipinski definition) is 4. The molecule has 5 nitrogen and oxygen atoms in total. The summed E-state index contributed by atoms with van der Waals surface area (Å²) in [7, 11) is 1.41. The van der Waals surface area contributed by atoms with Gasteiger partial charge in [0.25, 0.3) is 0 Å². The summed E-state index contributed by atoms with van der Waals surface area (Å²) in [5.74, 6) is 11.3. The van der Waals surface area contributed by atoms with E-state index in [-0.39, 0.29) is 0 Å². The fourth-order valence-electron chi connectivity index (χ4n) is 1.20. The molecule has 0 bridgehead atoms. The van der Waals surface area contributed by atoms with Crippen LogP contribution in [0.3, 0.4) is 0 Å². The number of hydrogen-bond donors (Lipinski definition) is 3. The van der Waals surface area contributed by atoms with Gasteiger partial charge in [0, 0.05) is 23.4 Å². The lowest BCUT2D eigenvalue weighted by atomic mass is 10.2. The highest BCUT2D eigenvalue weighted by molar-refractivity contribution is 7.79. The number of hydrazine groups is 2. The minimum Gasteiger partial charge on any atom is -0.264 e. The van der Waals surface area contributed by atoms with Gasteiger partial charge in [0.2, 0.25) is 0 Å². The number of benzene rings is 1. The number of amides is 2. The zero-order valence-electron chi connectivity index (χ0n) is 8.72. The van der Waals surface area contributed by atoms with Crippen molar-refractivity contribution in [3.05, 3.63) is 28.8 Å². The summed E-state index contributed by atoms with van der Waals surface area (Å²) in [5, 5.41) is 2.34. The normalized spacial score (nSPS) is 10.1. The van der Waals surface area contributed by atoms with Crippen molar-refractivity contribution >= 4 is 35.9 Å². The van der Waals surface area contributed by atoms with Gasteiger partial charge in [0.1, 0.15) is 0 Å². The molecule has 1 aromatic rings. The molecule has 0 aliphatic heterocycles. The second-order valence-corrected chi connectivity index (χ2v) is 3.88. The molecule has 0 aliphatic rings. The van der Waals surface area contributed by atoms with E-state index in [1.54, 1.807) is 18.2 Å². The second kappa shape index (κ2) is 5.40. The molecule has 1 aromatic carbocycles. The number of urea groups is 1. The molecule has 0 aromatic heterocycles. The van der Waals surface area contributed by atoms with E-state index in [1.807, 2.05) is 0 Å². The van der Waals surface area contributed by atoms with Gasteiger partial charge in [0.15, 0.2) is 0 Å². The molecule has 0 unspecified atom stereocenters. The molecule has 0 radical (unpaired) electrons. The summed E-state index contributed by atoms with van der Waals surface area (Å²) >= 11 is 10.1. The highest BCUT2D eigenvalue weighted by Gasteiger charge is 2.18. The Morgan fingerprint density at radius 3 is 2.62 bits per heavy atom. The first-order valence-electron chi connectivity index (χ1n) is 4.44. The second-order valence-electron chi connectivity index (χ2n) is 3.16. The van der Waals surface area contributed by atoms with Crippen LogP contribution in [-0.4, -0.2) is 18.1 Å². The average molecular weight is 261 g/mol. The van der Waals surface area contributed by atoms with Gasteiger partial charge >= 0.3 is 6.03 Å². The average Bonchev–Trinajstić information content (AvgIpc) is 2.26. The molecule has 4 N–H and O–H groups in total. The molecule has 0 atom stereocenters. The smallest absolute Gasteiger partial charge is 0.264 e. The van der Waals surface area contributed by atoms with Gasteiger partial charge in [-0.15, -0.1) is 0 Å². The maximum Gasteiger partial charge on any atom is 0.352 e. The van der Waals surface area contributed by atoms with E-state index in [0.717, 1.165) is 10.0 Å². The SMILES string of the molecule is CN(N)C(=O)N(N)c1cccc(Cl)c1CS. The molecule has 1 rings (SSSR count). The molecule has 0 saturated heterocycles. The van der Waals surface area contributed by atoms with E-state index >= 15 is 0 Å². The topological polar surface area (TPSA) is 75.6 Å². The highest BCUT2D eigenvalue weighted by Crippen LogP contribution is 2.27. The van der Waals surface area contributed by atoms with Crippen LogP contribution >= 0.6 is 24.2 Å². The van der Waals surface area contributed by atoms with Crippen LogP contribution in [0.1, 0.15) is 5.56 Å². The highest BCUT2D eigenvalue weighted by atomic mass is 35.5. The van der Waals surface area contributed by atoms with Crippen LogP contribution in [-0.2, 0) is 5.75 Å². The summed E-state index contributed by atoms with van der Waals surface area (Å²) < 4.78 is 0. The zero-order chi connectivity index (χ0) is 12.3. The van der Waals surface area contributed by atoms with Gasteiger partial charge in [-0.05, 0) is 12.1 Å². The number of carbonyl (C=O) groups is 1. The van der Waals surface area contributed by atoms with Crippen LogP contribution in [0.25, 0.3) is 0 Å². The maximum atomic E-state index is 11.6. The Morgan fingerprint density at radius 2 is 2.12 bits per heavy atom. The monoisotopic (exact) mass is 260 g/mol. The van der Waals surface area contributed by atoms with Gasteiger partial charge in [-0.1, -0.05) is 17.7 Å². The Hall–Kier alpha value is -0.950. The number of nitrogens with two attached hydrogens (primary N) is 2. The number of anilines is 1. The molecule has 0 spiro atoms. The lowest BCUT2D eigenvalue weighted by Gasteiger charge is -2.23. The number of halogens is 1. The van der Waals surface area contributed by atoms with Gasteiger partial charge in [-0.25, -0.2) is 21.5 Å². The van der Waals surface area contributed by atoms with Crippen molar-refractivity contribution < 1.29 is 4.79 Å². The van der Waals surface area contributed by atoms with Gasteiger partial charge < -0.3 is 0 Å². The van der Waals surface area contributed by atoms with E-state index < -0.39 is 6.03 Å². The van der Waals surface area contributed by atoms with E-state index in [0.29, 0.717) is 22.0 Å². The van der Waals surface area contributed by atoms with Crippen molar-refractivity contribution in [3.8, 4) is 0 Å². The number of rotatable bonds is 2. The van der Waals surface area contributed by atoms with Crippen LogP contribution in [0.15, 0.2) is 18.2 Å². The molecular formula is C9H13ClN4OS. The van der Waals surface area contributed by atoms with E-state index in [4.69, 9.17) is 23.3 Å². The quantitative estimate of drug-likeness (QED) is 0.325. The van der Waals surface area contributed by atoms with Crippen LogP contribution in [0.4, 0.5) is 10.5 Å².